The van der Waals surface area contributed by atoms with Crippen molar-refractivity contribution in [3.63, 3.8) is 0 Å². The van der Waals surface area contributed by atoms with E-state index in [2.05, 4.69) is 25.8 Å². The number of rotatable bonds is 2. The molecule has 1 atom stereocenters. The molecular weight excluding hydrogens is 194 g/mol. The molecule has 1 rings (SSSR count). The van der Waals surface area contributed by atoms with Crippen molar-refractivity contribution in [3.8, 4) is 0 Å². The van der Waals surface area contributed by atoms with Gasteiger partial charge in [0.05, 0.1) is 16.8 Å². The summed E-state index contributed by atoms with van der Waals surface area (Å²) < 4.78 is 0. The smallest absolute Gasteiger partial charge is 0.0956 e. The normalized spacial score (nSPS) is 14.4. The third-order valence-corrected chi connectivity index (χ3v) is 3.60. The highest BCUT2D eigenvalue weighted by molar-refractivity contribution is 7.11. The molecule has 0 amide bonds. The number of aliphatic hydroxyl groups is 1. The van der Waals surface area contributed by atoms with E-state index in [1.807, 2.05) is 6.92 Å². The quantitative estimate of drug-likeness (QED) is 0.819. The van der Waals surface area contributed by atoms with Gasteiger partial charge in [0.25, 0.3) is 0 Å². The van der Waals surface area contributed by atoms with Crippen LogP contribution in [0.4, 0.5) is 0 Å². The third-order valence-electron chi connectivity index (χ3n) is 1.99. The van der Waals surface area contributed by atoms with E-state index < -0.39 is 0 Å². The number of aliphatic hydroxyl groups excluding tert-OH is 1. The standard InChI is InChI=1S/C11H19NOS/c1-7(13)6-9-12-8(2)10(14-9)11(3,4)5/h7,13H,6H2,1-5H3. The van der Waals surface area contributed by atoms with Crippen molar-refractivity contribution in [2.45, 2.75) is 52.6 Å². The minimum absolute atomic E-state index is 0.165. The van der Waals surface area contributed by atoms with Gasteiger partial charge in [-0.15, -0.1) is 11.3 Å². The van der Waals surface area contributed by atoms with E-state index in [1.165, 1.54) is 4.88 Å². The molecule has 0 aliphatic heterocycles. The van der Waals surface area contributed by atoms with Crippen molar-refractivity contribution in [2.75, 3.05) is 0 Å². The van der Waals surface area contributed by atoms with Crippen LogP contribution in [-0.2, 0) is 11.8 Å². The first-order valence-electron chi connectivity index (χ1n) is 4.95. The monoisotopic (exact) mass is 213 g/mol. The summed E-state index contributed by atoms with van der Waals surface area (Å²) in [6.45, 7) is 10.4. The van der Waals surface area contributed by atoms with Gasteiger partial charge < -0.3 is 5.11 Å². The first-order chi connectivity index (χ1) is 6.30. The van der Waals surface area contributed by atoms with Gasteiger partial charge in [-0.2, -0.15) is 0 Å². The lowest BCUT2D eigenvalue weighted by molar-refractivity contribution is 0.195. The minimum Gasteiger partial charge on any atom is -0.393 e. The Morgan fingerprint density at radius 3 is 2.36 bits per heavy atom. The van der Waals surface area contributed by atoms with Gasteiger partial charge in [0, 0.05) is 11.3 Å². The van der Waals surface area contributed by atoms with Crippen molar-refractivity contribution < 1.29 is 5.11 Å². The topological polar surface area (TPSA) is 33.1 Å². The maximum absolute atomic E-state index is 9.28. The number of nitrogens with zero attached hydrogens (tertiary/aromatic N) is 1. The van der Waals surface area contributed by atoms with Gasteiger partial charge in [0.1, 0.15) is 0 Å². The molecule has 1 heterocycles. The molecule has 0 radical (unpaired) electrons. The molecule has 0 saturated heterocycles. The summed E-state index contributed by atoms with van der Waals surface area (Å²) in [5.41, 5.74) is 1.27. The SMILES string of the molecule is Cc1nc(CC(C)O)sc1C(C)(C)C. The van der Waals surface area contributed by atoms with Gasteiger partial charge in [-0.25, -0.2) is 4.98 Å². The molecule has 1 unspecified atom stereocenters. The van der Waals surface area contributed by atoms with Crippen molar-refractivity contribution >= 4 is 11.3 Å². The van der Waals surface area contributed by atoms with Gasteiger partial charge in [-0.3, -0.25) is 0 Å². The van der Waals surface area contributed by atoms with E-state index in [0.717, 1.165) is 10.7 Å². The van der Waals surface area contributed by atoms with Crippen LogP contribution in [0.2, 0.25) is 0 Å². The Morgan fingerprint density at radius 1 is 1.43 bits per heavy atom. The van der Waals surface area contributed by atoms with E-state index in [1.54, 1.807) is 18.3 Å². The molecule has 0 bridgehead atoms. The Bertz CT molecular complexity index is 310. The predicted octanol–water partition coefficient (Wildman–Crippen LogP) is 2.67. The minimum atomic E-state index is -0.298. The molecule has 0 aromatic carbocycles. The summed E-state index contributed by atoms with van der Waals surface area (Å²) in [7, 11) is 0. The summed E-state index contributed by atoms with van der Waals surface area (Å²) in [4.78, 5) is 5.80. The molecule has 3 heteroatoms. The number of hydrogen-bond donors (Lipinski definition) is 1. The van der Waals surface area contributed by atoms with E-state index in [0.29, 0.717) is 6.42 Å². The lowest BCUT2D eigenvalue weighted by Crippen LogP contribution is -2.10. The maximum Gasteiger partial charge on any atom is 0.0956 e. The lowest BCUT2D eigenvalue weighted by Gasteiger charge is -2.16. The van der Waals surface area contributed by atoms with Gasteiger partial charge in [0.2, 0.25) is 0 Å². The molecule has 14 heavy (non-hydrogen) atoms. The zero-order chi connectivity index (χ0) is 10.9. The molecule has 1 aromatic rings. The lowest BCUT2D eigenvalue weighted by atomic mass is 9.93. The van der Waals surface area contributed by atoms with Crippen LogP contribution >= 0.6 is 11.3 Å². The molecule has 0 aliphatic carbocycles. The molecule has 0 aliphatic rings. The van der Waals surface area contributed by atoms with E-state index >= 15 is 0 Å². The van der Waals surface area contributed by atoms with Crippen LogP contribution in [0.1, 0.15) is 43.3 Å². The zero-order valence-corrected chi connectivity index (χ0v) is 10.4. The molecule has 0 spiro atoms. The molecule has 80 valence electrons. The fraction of sp³-hybridized carbons (Fsp3) is 0.727. The molecule has 2 nitrogen and oxygen atoms in total. The van der Waals surface area contributed by atoms with E-state index in [4.69, 9.17) is 0 Å². The van der Waals surface area contributed by atoms with Crippen molar-refractivity contribution in [3.05, 3.63) is 15.6 Å². The van der Waals surface area contributed by atoms with E-state index in [-0.39, 0.29) is 11.5 Å². The van der Waals surface area contributed by atoms with Crippen LogP contribution in [-0.4, -0.2) is 16.2 Å². The molecule has 1 N–H and O–H groups in total. The fourth-order valence-corrected chi connectivity index (χ4v) is 2.73. The second kappa shape index (κ2) is 3.99. The Morgan fingerprint density at radius 2 is 2.00 bits per heavy atom. The second-order valence-corrected chi connectivity index (χ2v) is 5.91. The highest BCUT2D eigenvalue weighted by atomic mass is 32.1. The fourth-order valence-electron chi connectivity index (χ4n) is 1.49. The number of aromatic nitrogens is 1. The third kappa shape index (κ3) is 2.79. The van der Waals surface area contributed by atoms with Crippen molar-refractivity contribution in [2.24, 2.45) is 0 Å². The van der Waals surface area contributed by atoms with E-state index in [9.17, 15) is 5.11 Å². The average Bonchev–Trinajstić information content (AvgIpc) is 2.27. The van der Waals surface area contributed by atoms with Crippen LogP contribution in [0.15, 0.2) is 0 Å². The summed E-state index contributed by atoms with van der Waals surface area (Å²) in [6.07, 6.45) is 0.370. The van der Waals surface area contributed by atoms with Crippen LogP contribution in [0.5, 0.6) is 0 Å². The highest BCUT2D eigenvalue weighted by Gasteiger charge is 2.20. The number of hydrogen-bond acceptors (Lipinski definition) is 3. The summed E-state index contributed by atoms with van der Waals surface area (Å²) in [5.74, 6) is 0. The van der Waals surface area contributed by atoms with Crippen molar-refractivity contribution in [1.29, 1.82) is 0 Å². The average molecular weight is 213 g/mol. The Kier molecular flexibility index (Phi) is 3.32. The number of aryl methyl sites for hydroxylation is 1. The largest absolute Gasteiger partial charge is 0.393 e. The predicted molar refractivity (Wildman–Crippen MR) is 60.9 cm³/mol. The summed E-state index contributed by atoms with van der Waals surface area (Å²) in [5, 5.41) is 10.3. The van der Waals surface area contributed by atoms with Crippen LogP contribution in [0.3, 0.4) is 0 Å². The maximum atomic E-state index is 9.28. The Labute approximate surface area is 90.0 Å². The first kappa shape index (κ1) is 11.7. The molecule has 0 saturated carbocycles. The molecular formula is C11H19NOS. The van der Waals surface area contributed by atoms with Gasteiger partial charge in [-0.05, 0) is 19.3 Å². The van der Waals surface area contributed by atoms with Gasteiger partial charge in [-0.1, -0.05) is 20.8 Å². The van der Waals surface area contributed by atoms with Gasteiger partial charge in [0.15, 0.2) is 0 Å². The van der Waals surface area contributed by atoms with Crippen LogP contribution in [0.25, 0.3) is 0 Å². The van der Waals surface area contributed by atoms with Crippen molar-refractivity contribution in [1.82, 2.24) is 4.98 Å². The number of thiazole rings is 1. The summed E-state index contributed by atoms with van der Waals surface area (Å²) >= 11 is 1.72. The highest BCUT2D eigenvalue weighted by Crippen LogP contribution is 2.31. The molecule has 0 fully saturated rings. The summed E-state index contributed by atoms with van der Waals surface area (Å²) in [6, 6.07) is 0. The van der Waals surface area contributed by atoms with Crippen LogP contribution < -0.4 is 0 Å². The zero-order valence-electron chi connectivity index (χ0n) is 9.59. The van der Waals surface area contributed by atoms with Gasteiger partial charge >= 0.3 is 0 Å². The molecule has 1 aromatic heterocycles. The Hall–Kier alpha value is -0.410. The van der Waals surface area contributed by atoms with Crippen LogP contribution in [0, 0.1) is 6.92 Å². The Balaban J connectivity index is 2.94. The second-order valence-electron chi connectivity index (χ2n) is 4.83. The first-order valence-corrected chi connectivity index (χ1v) is 5.77.